The summed E-state index contributed by atoms with van der Waals surface area (Å²) in [5, 5.41) is 9.37. The number of methoxy groups -OCH3 is 2. The van der Waals surface area contributed by atoms with Crippen molar-refractivity contribution in [3.05, 3.63) is 30.5 Å². The number of rotatable bonds is 5. The average Bonchev–Trinajstić information content (AvgIpc) is 3.26. The van der Waals surface area contributed by atoms with Crippen LogP contribution in [0.2, 0.25) is 0 Å². The smallest absolute Gasteiger partial charge is 0.162 e. The number of nitrogens with zero attached hydrogens (tertiary/aromatic N) is 7. The van der Waals surface area contributed by atoms with Crippen molar-refractivity contribution in [1.29, 1.82) is 0 Å². The first-order valence-electron chi connectivity index (χ1n) is 10.3. The van der Waals surface area contributed by atoms with Crippen LogP contribution in [-0.4, -0.2) is 70.5 Å². The predicted octanol–water partition coefficient (Wildman–Crippen LogP) is 2.62. The van der Waals surface area contributed by atoms with Gasteiger partial charge in [0.15, 0.2) is 17.1 Å². The fourth-order valence-electron chi connectivity index (χ4n) is 4.15. The highest BCUT2D eigenvalue weighted by Crippen LogP contribution is 2.35. The third-order valence-corrected chi connectivity index (χ3v) is 5.75. The van der Waals surface area contributed by atoms with E-state index in [0.717, 1.165) is 71.9 Å². The van der Waals surface area contributed by atoms with Crippen LogP contribution in [0.3, 0.4) is 0 Å². The van der Waals surface area contributed by atoms with Gasteiger partial charge in [0.05, 0.1) is 30.8 Å². The molecule has 1 aliphatic rings. The number of halogens is 1. The summed E-state index contributed by atoms with van der Waals surface area (Å²) in [6.45, 7) is 5.35. The van der Waals surface area contributed by atoms with Crippen LogP contribution in [0.4, 0.5) is 11.6 Å². The maximum absolute atomic E-state index is 5.49. The van der Waals surface area contributed by atoms with E-state index in [2.05, 4.69) is 46.9 Å². The Bertz CT molecular complexity index is 1240. The largest absolute Gasteiger partial charge is 0.493 e. The first kappa shape index (κ1) is 21.8. The van der Waals surface area contributed by atoms with Crippen LogP contribution in [0.25, 0.3) is 21.9 Å². The minimum absolute atomic E-state index is 0. The molecular weight excluding hydrogens is 432 g/mol. The van der Waals surface area contributed by atoms with Crippen LogP contribution < -0.4 is 19.3 Å². The number of piperazine rings is 1. The van der Waals surface area contributed by atoms with Gasteiger partial charge < -0.3 is 19.3 Å². The lowest BCUT2D eigenvalue weighted by Crippen LogP contribution is -2.47. The van der Waals surface area contributed by atoms with Crippen molar-refractivity contribution in [1.82, 2.24) is 30.1 Å². The normalized spacial score (nSPS) is 14.0. The molecule has 0 unspecified atom stereocenters. The molecular formula is C21H25ClN8O2. The van der Waals surface area contributed by atoms with Crippen LogP contribution in [-0.2, 0) is 6.42 Å². The van der Waals surface area contributed by atoms with Gasteiger partial charge in [0, 0.05) is 37.6 Å². The number of anilines is 2. The van der Waals surface area contributed by atoms with E-state index in [1.807, 2.05) is 12.1 Å². The number of hydrogen-bond donors (Lipinski definition) is 1. The number of aromatic amines is 1. The number of aryl methyl sites for hydroxylation is 1. The summed E-state index contributed by atoms with van der Waals surface area (Å²) in [6, 6.07) is 3.83. The maximum Gasteiger partial charge on any atom is 0.162 e. The van der Waals surface area contributed by atoms with Gasteiger partial charge in [-0.3, -0.25) is 5.10 Å². The first-order chi connectivity index (χ1) is 15.2. The number of nitrogens with one attached hydrogen (secondary N) is 1. The molecule has 11 heteroatoms. The lowest BCUT2D eigenvalue weighted by molar-refractivity contribution is 0.356. The van der Waals surface area contributed by atoms with Gasteiger partial charge in [-0.1, -0.05) is 6.92 Å². The molecule has 10 nitrogen and oxygen atoms in total. The Labute approximate surface area is 191 Å². The number of benzene rings is 1. The quantitative estimate of drug-likeness (QED) is 0.485. The van der Waals surface area contributed by atoms with E-state index < -0.39 is 0 Å². The predicted molar refractivity (Wildman–Crippen MR) is 125 cm³/mol. The topological polar surface area (TPSA) is 105 Å². The van der Waals surface area contributed by atoms with Crippen LogP contribution in [0.1, 0.15) is 12.6 Å². The summed E-state index contributed by atoms with van der Waals surface area (Å²) < 4.78 is 10.9. The Morgan fingerprint density at radius 3 is 2.19 bits per heavy atom. The van der Waals surface area contributed by atoms with Crippen molar-refractivity contribution in [3.63, 3.8) is 0 Å². The molecule has 168 valence electrons. The van der Waals surface area contributed by atoms with Gasteiger partial charge in [0.25, 0.3) is 0 Å². The standard InChI is InChI=1S/C21H24N8O2.ClH/c1-4-14-18-19(27-26-14)23-12-25-21(18)29-7-5-28(6-8-29)20-13-9-16(30-2)17(31-3)10-15(13)22-11-24-20;/h9-12H,4-8H2,1-3H3,(H,23,25,26,27);1H. The van der Waals surface area contributed by atoms with Gasteiger partial charge in [-0.25, -0.2) is 19.9 Å². The Balaban J connectivity index is 0.00000245. The fraction of sp³-hybridized carbons (Fsp3) is 0.381. The summed E-state index contributed by atoms with van der Waals surface area (Å²) in [6.07, 6.45) is 4.03. The second-order valence-electron chi connectivity index (χ2n) is 7.34. The highest BCUT2D eigenvalue weighted by atomic mass is 35.5. The molecule has 1 aromatic carbocycles. The van der Waals surface area contributed by atoms with Gasteiger partial charge in [0.2, 0.25) is 0 Å². The van der Waals surface area contributed by atoms with Crippen molar-refractivity contribution in [2.45, 2.75) is 13.3 Å². The van der Waals surface area contributed by atoms with Gasteiger partial charge in [0.1, 0.15) is 24.3 Å². The molecule has 1 fully saturated rings. The molecule has 32 heavy (non-hydrogen) atoms. The molecule has 0 atom stereocenters. The highest BCUT2D eigenvalue weighted by molar-refractivity contribution is 5.92. The van der Waals surface area contributed by atoms with E-state index in [4.69, 9.17) is 9.47 Å². The second kappa shape index (κ2) is 8.99. The molecule has 4 aromatic rings. The monoisotopic (exact) mass is 456 g/mol. The molecule has 1 aliphatic heterocycles. The Morgan fingerprint density at radius 1 is 0.875 bits per heavy atom. The minimum Gasteiger partial charge on any atom is -0.493 e. The molecule has 0 radical (unpaired) electrons. The van der Waals surface area contributed by atoms with Crippen molar-refractivity contribution in [2.75, 3.05) is 50.2 Å². The third kappa shape index (κ3) is 3.60. The number of H-pyrrole nitrogens is 1. The summed E-state index contributed by atoms with van der Waals surface area (Å²) >= 11 is 0. The Hall–Kier alpha value is -3.40. The number of ether oxygens (including phenoxy) is 2. The summed E-state index contributed by atoms with van der Waals surface area (Å²) in [4.78, 5) is 22.5. The van der Waals surface area contributed by atoms with Crippen molar-refractivity contribution in [2.24, 2.45) is 0 Å². The first-order valence-corrected chi connectivity index (χ1v) is 10.3. The van der Waals surface area contributed by atoms with E-state index in [0.29, 0.717) is 11.5 Å². The van der Waals surface area contributed by atoms with Crippen LogP contribution in [0, 0.1) is 0 Å². The van der Waals surface area contributed by atoms with E-state index in [9.17, 15) is 0 Å². The lowest BCUT2D eigenvalue weighted by Gasteiger charge is -2.36. The summed E-state index contributed by atoms with van der Waals surface area (Å²) in [7, 11) is 3.26. The van der Waals surface area contributed by atoms with E-state index in [-0.39, 0.29) is 12.4 Å². The zero-order chi connectivity index (χ0) is 21.4. The van der Waals surface area contributed by atoms with Crippen LogP contribution >= 0.6 is 12.4 Å². The van der Waals surface area contributed by atoms with Gasteiger partial charge >= 0.3 is 0 Å². The molecule has 0 saturated carbocycles. The number of fused-ring (bicyclic) bond motifs is 2. The van der Waals surface area contributed by atoms with Crippen molar-refractivity contribution < 1.29 is 9.47 Å². The SMILES string of the molecule is CCc1n[nH]c2ncnc(N3CCN(c4ncnc5cc(OC)c(OC)cc45)CC3)c12.Cl. The molecule has 3 aromatic heterocycles. The maximum atomic E-state index is 5.49. The number of hydrogen-bond acceptors (Lipinski definition) is 9. The van der Waals surface area contributed by atoms with Gasteiger partial charge in [-0.2, -0.15) is 5.10 Å². The second-order valence-corrected chi connectivity index (χ2v) is 7.34. The Kier molecular flexibility index (Phi) is 6.13. The number of aromatic nitrogens is 6. The van der Waals surface area contributed by atoms with Crippen LogP contribution in [0.15, 0.2) is 24.8 Å². The van der Waals surface area contributed by atoms with E-state index in [1.54, 1.807) is 26.9 Å². The van der Waals surface area contributed by atoms with E-state index >= 15 is 0 Å². The summed E-state index contributed by atoms with van der Waals surface area (Å²) in [5.74, 6) is 3.16. The zero-order valence-electron chi connectivity index (χ0n) is 18.2. The van der Waals surface area contributed by atoms with Crippen LogP contribution in [0.5, 0.6) is 11.5 Å². The molecule has 1 N–H and O–H groups in total. The lowest BCUT2D eigenvalue weighted by atomic mass is 10.1. The van der Waals surface area contributed by atoms with E-state index in [1.165, 1.54) is 0 Å². The molecule has 0 amide bonds. The molecule has 0 bridgehead atoms. The average molecular weight is 457 g/mol. The van der Waals surface area contributed by atoms with Gasteiger partial charge in [-0.05, 0) is 12.5 Å². The fourth-order valence-corrected chi connectivity index (χ4v) is 4.15. The minimum atomic E-state index is 0. The highest BCUT2D eigenvalue weighted by Gasteiger charge is 2.24. The van der Waals surface area contributed by atoms with Crippen molar-refractivity contribution in [3.8, 4) is 11.5 Å². The molecule has 4 heterocycles. The molecule has 5 rings (SSSR count). The molecule has 1 saturated heterocycles. The Morgan fingerprint density at radius 2 is 1.50 bits per heavy atom. The molecule has 0 aliphatic carbocycles. The van der Waals surface area contributed by atoms with Crippen molar-refractivity contribution >= 4 is 46.0 Å². The molecule has 0 spiro atoms. The third-order valence-electron chi connectivity index (χ3n) is 5.75. The summed E-state index contributed by atoms with van der Waals surface area (Å²) in [5.41, 5.74) is 2.61. The zero-order valence-corrected chi connectivity index (χ0v) is 19.0. The van der Waals surface area contributed by atoms with Gasteiger partial charge in [-0.15, -0.1) is 12.4 Å².